The Morgan fingerprint density at radius 1 is 0.900 bits per heavy atom. The van der Waals surface area contributed by atoms with E-state index in [4.69, 9.17) is 33.2 Å². The topological polar surface area (TPSA) is 194 Å². The van der Waals surface area contributed by atoms with Gasteiger partial charge in [-0.1, -0.05) is 13.0 Å². The van der Waals surface area contributed by atoms with Crippen LogP contribution in [-0.4, -0.2) is 110 Å². The molecule has 2 fully saturated rings. The van der Waals surface area contributed by atoms with E-state index in [-0.39, 0.29) is 24.4 Å². The molecule has 0 aliphatic carbocycles. The van der Waals surface area contributed by atoms with Crippen molar-refractivity contribution in [2.24, 2.45) is 5.92 Å². The van der Waals surface area contributed by atoms with Crippen LogP contribution < -0.4 is 15.4 Å². The average Bonchev–Trinajstić information content (AvgIpc) is 3.00. The molecule has 2 N–H and O–H groups in total. The molecular formula is C34H49N3O13. The first-order valence-corrected chi connectivity index (χ1v) is 16.5. The highest BCUT2D eigenvalue weighted by Crippen LogP contribution is 2.33. The van der Waals surface area contributed by atoms with E-state index in [2.05, 4.69) is 22.5 Å². The standard InChI is InChI=1S/C34H49N3O13/c1-19-10-9-15-37(17-19)18-23-11-12-25(24(16-23)30(41)35-13-14-36-33(43)50-34(5,6)7)48-32-29(47-22(4)40)27(46-21(3)39)26(45-20(2)38)28(49-32)31(42)44-8/h11-12,16,19,26-29,32H,9-10,13-15,17-18H2,1-8H3,(H,35,41)(H,36,43)/t19-,26-,27-,28-,29+,32+/m0/s1. The van der Waals surface area contributed by atoms with E-state index in [1.807, 2.05) is 0 Å². The number of likely N-dealkylation sites (tertiary alicyclic amines) is 1. The minimum absolute atomic E-state index is 0.0309. The molecule has 3 rings (SSSR count). The molecular weight excluding hydrogens is 658 g/mol. The number of hydrogen-bond acceptors (Lipinski definition) is 14. The van der Waals surface area contributed by atoms with Gasteiger partial charge < -0.3 is 43.8 Å². The van der Waals surface area contributed by atoms with Gasteiger partial charge in [0.2, 0.25) is 12.4 Å². The Labute approximate surface area is 291 Å². The lowest BCUT2D eigenvalue weighted by Crippen LogP contribution is -2.64. The molecule has 278 valence electrons. The second-order valence-electron chi connectivity index (χ2n) is 13.3. The van der Waals surface area contributed by atoms with Crippen molar-refractivity contribution in [3.05, 3.63) is 29.3 Å². The quantitative estimate of drug-likeness (QED) is 0.182. The molecule has 6 atom stereocenters. The van der Waals surface area contributed by atoms with E-state index in [9.17, 15) is 28.8 Å². The van der Waals surface area contributed by atoms with Crippen LogP contribution in [0.5, 0.6) is 5.75 Å². The van der Waals surface area contributed by atoms with Gasteiger partial charge in [0, 0.05) is 47.0 Å². The fourth-order valence-corrected chi connectivity index (χ4v) is 5.69. The van der Waals surface area contributed by atoms with Crippen LogP contribution in [0.25, 0.3) is 0 Å². The molecule has 16 heteroatoms. The molecule has 0 saturated carbocycles. The number of methoxy groups -OCH3 is 1. The molecule has 16 nitrogen and oxygen atoms in total. The Hall–Kier alpha value is -4.44. The third kappa shape index (κ3) is 12.2. The van der Waals surface area contributed by atoms with Crippen molar-refractivity contribution in [1.82, 2.24) is 15.5 Å². The van der Waals surface area contributed by atoms with Gasteiger partial charge in [0.1, 0.15) is 11.4 Å². The maximum atomic E-state index is 13.7. The number of amides is 2. The van der Waals surface area contributed by atoms with Gasteiger partial charge in [-0.2, -0.15) is 0 Å². The fourth-order valence-electron chi connectivity index (χ4n) is 5.69. The van der Waals surface area contributed by atoms with Gasteiger partial charge in [0.15, 0.2) is 18.3 Å². The van der Waals surface area contributed by atoms with E-state index >= 15 is 0 Å². The van der Waals surface area contributed by atoms with Crippen molar-refractivity contribution >= 4 is 35.9 Å². The van der Waals surface area contributed by atoms with E-state index in [1.54, 1.807) is 32.9 Å². The van der Waals surface area contributed by atoms with Crippen LogP contribution in [0.2, 0.25) is 0 Å². The molecule has 2 aliphatic rings. The highest BCUT2D eigenvalue weighted by atomic mass is 16.7. The first-order chi connectivity index (χ1) is 23.5. The highest BCUT2D eigenvalue weighted by molar-refractivity contribution is 5.97. The zero-order chi connectivity index (χ0) is 37.2. The first kappa shape index (κ1) is 40.0. The van der Waals surface area contributed by atoms with Crippen LogP contribution in [-0.2, 0) is 54.1 Å². The minimum Gasteiger partial charge on any atom is -0.467 e. The maximum Gasteiger partial charge on any atom is 0.407 e. The Morgan fingerprint density at radius 3 is 2.12 bits per heavy atom. The number of rotatable bonds is 12. The Bertz CT molecular complexity index is 1390. The summed E-state index contributed by atoms with van der Waals surface area (Å²) in [7, 11) is 1.08. The molecule has 1 aromatic rings. The van der Waals surface area contributed by atoms with Crippen LogP contribution in [0.1, 0.15) is 77.2 Å². The lowest BCUT2D eigenvalue weighted by Gasteiger charge is -2.43. The number of nitrogens with one attached hydrogen (secondary N) is 2. The zero-order valence-electron chi connectivity index (χ0n) is 29.9. The molecule has 2 heterocycles. The maximum absolute atomic E-state index is 13.7. The largest absolute Gasteiger partial charge is 0.467 e. The molecule has 50 heavy (non-hydrogen) atoms. The Kier molecular flexibility index (Phi) is 14.4. The van der Waals surface area contributed by atoms with E-state index in [0.717, 1.165) is 59.4 Å². The van der Waals surface area contributed by atoms with Gasteiger partial charge in [0.25, 0.3) is 5.91 Å². The lowest BCUT2D eigenvalue weighted by atomic mass is 9.97. The lowest BCUT2D eigenvalue weighted by molar-refractivity contribution is -0.282. The third-order valence-electron chi connectivity index (χ3n) is 7.59. The highest BCUT2D eigenvalue weighted by Gasteiger charge is 2.56. The number of esters is 4. The number of piperidine rings is 1. The van der Waals surface area contributed by atoms with E-state index < -0.39 is 72.2 Å². The van der Waals surface area contributed by atoms with Crippen molar-refractivity contribution < 1.29 is 61.9 Å². The van der Waals surface area contributed by atoms with E-state index in [0.29, 0.717) is 12.5 Å². The van der Waals surface area contributed by atoms with Crippen molar-refractivity contribution in [2.45, 2.75) is 104 Å². The summed E-state index contributed by atoms with van der Waals surface area (Å²) >= 11 is 0. The molecule has 2 saturated heterocycles. The van der Waals surface area contributed by atoms with Crippen molar-refractivity contribution in [3.8, 4) is 5.75 Å². The first-order valence-electron chi connectivity index (χ1n) is 16.5. The number of ether oxygens (including phenoxy) is 7. The zero-order valence-corrected chi connectivity index (χ0v) is 29.9. The summed E-state index contributed by atoms with van der Waals surface area (Å²) in [5.41, 5.74) is 0.178. The second kappa shape index (κ2) is 18.0. The fraction of sp³-hybridized carbons (Fsp3) is 0.647. The summed E-state index contributed by atoms with van der Waals surface area (Å²) < 4.78 is 38.4. The number of nitrogens with zero attached hydrogens (tertiary/aromatic N) is 1. The molecule has 0 bridgehead atoms. The third-order valence-corrected chi connectivity index (χ3v) is 7.59. The Balaban J connectivity index is 1.97. The van der Waals surface area contributed by atoms with Crippen LogP contribution in [0, 0.1) is 5.92 Å². The van der Waals surface area contributed by atoms with Crippen LogP contribution >= 0.6 is 0 Å². The molecule has 2 aliphatic heterocycles. The smallest absolute Gasteiger partial charge is 0.407 e. The summed E-state index contributed by atoms with van der Waals surface area (Å²) in [5.74, 6) is -3.59. The van der Waals surface area contributed by atoms with Gasteiger partial charge in [-0.15, -0.1) is 0 Å². The average molecular weight is 708 g/mol. The van der Waals surface area contributed by atoms with Crippen LogP contribution in [0.4, 0.5) is 4.79 Å². The van der Waals surface area contributed by atoms with Crippen LogP contribution in [0.3, 0.4) is 0 Å². The molecule has 2 amide bonds. The number of benzene rings is 1. The molecule has 0 spiro atoms. The van der Waals surface area contributed by atoms with Gasteiger partial charge in [0.05, 0.1) is 12.7 Å². The monoisotopic (exact) mass is 707 g/mol. The minimum atomic E-state index is -1.68. The molecule has 0 aromatic heterocycles. The SMILES string of the molecule is COC(=O)[C@H]1O[C@@H](Oc2ccc(CN3CCC[C@H](C)C3)cc2C(=O)NCCNC(=O)OC(C)(C)C)[C@H](OC(C)=O)[C@@H](OC(C)=O)[C@@H]1OC(C)=O. The number of hydrogen-bond donors (Lipinski definition) is 2. The normalized spacial score (nSPS) is 23.8. The van der Waals surface area contributed by atoms with Gasteiger partial charge in [-0.25, -0.2) is 9.59 Å². The predicted octanol–water partition coefficient (Wildman–Crippen LogP) is 2.24. The summed E-state index contributed by atoms with van der Waals surface area (Å²) in [4.78, 5) is 77.4. The second-order valence-corrected chi connectivity index (χ2v) is 13.3. The van der Waals surface area contributed by atoms with Crippen molar-refractivity contribution in [2.75, 3.05) is 33.3 Å². The molecule has 0 unspecified atom stereocenters. The van der Waals surface area contributed by atoms with E-state index in [1.165, 1.54) is 6.07 Å². The number of carbonyl (C=O) groups excluding carboxylic acids is 6. The summed E-state index contributed by atoms with van der Waals surface area (Å²) in [6, 6.07) is 4.96. The summed E-state index contributed by atoms with van der Waals surface area (Å²) in [5, 5.41) is 5.32. The number of alkyl carbamates (subject to hydrolysis) is 1. The summed E-state index contributed by atoms with van der Waals surface area (Å²) in [6.07, 6.45) is -6.51. The van der Waals surface area contributed by atoms with Crippen molar-refractivity contribution in [1.29, 1.82) is 0 Å². The molecule has 0 radical (unpaired) electrons. The van der Waals surface area contributed by atoms with Gasteiger partial charge >= 0.3 is 30.0 Å². The van der Waals surface area contributed by atoms with Crippen LogP contribution in [0.15, 0.2) is 18.2 Å². The number of carbonyl (C=O) groups is 6. The Morgan fingerprint density at radius 2 is 1.52 bits per heavy atom. The predicted molar refractivity (Wildman–Crippen MR) is 175 cm³/mol. The summed E-state index contributed by atoms with van der Waals surface area (Å²) in [6.45, 7) is 13.1. The van der Waals surface area contributed by atoms with Gasteiger partial charge in [-0.05, 0) is 63.8 Å². The molecule has 1 aromatic carbocycles. The van der Waals surface area contributed by atoms with Crippen molar-refractivity contribution in [3.63, 3.8) is 0 Å². The van der Waals surface area contributed by atoms with Gasteiger partial charge in [-0.3, -0.25) is 24.1 Å².